The van der Waals surface area contributed by atoms with Crippen LogP contribution in [0.15, 0.2) is 162 Å². The molecule has 0 saturated carbocycles. The molecule has 0 amide bonds. The summed E-state index contributed by atoms with van der Waals surface area (Å²) >= 11 is 1.82. The van der Waals surface area contributed by atoms with Gasteiger partial charge in [0.15, 0.2) is 5.82 Å². The number of nitrogens with zero attached hydrogens (tertiary/aromatic N) is 3. The molecule has 240 valence electrons. The van der Waals surface area contributed by atoms with E-state index in [4.69, 9.17) is 14.4 Å². The van der Waals surface area contributed by atoms with E-state index >= 15 is 0 Å². The summed E-state index contributed by atoms with van der Waals surface area (Å²) in [6.07, 6.45) is 9.64. The van der Waals surface area contributed by atoms with Gasteiger partial charge in [0, 0.05) is 59.1 Å². The first-order valence-corrected chi connectivity index (χ1v) is 18.2. The highest BCUT2D eigenvalue weighted by atomic mass is 32.1. The molecule has 0 radical (unpaired) electrons. The van der Waals surface area contributed by atoms with Crippen molar-refractivity contribution in [2.45, 2.75) is 12.3 Å². The molecular weight excluding hydrogens is 643 g/mol. The van der Waals surface area contributed by atoms with Gasteiger partial charge in [0.25, 0.3) is 0 Å². The van der Waals surface area contributed by atoms with Crippen LogP contribution in [0.3, 0.4) is 0 Å². The molecule has 4 heterocycles. The van der Waals surface area contributed by atoms with Gasteiger partial charge in [0.05, 0.1) is 27.8 Å². The minimum absolute atomic E-state index is 0.181. The number of rotatable bonds is 4. The zero-order valence-electron chi connectivity index (χ0n) is 27.5. The van der Waals surface area contributed by atoms with Crippen LogP contribution in [0, 0.1) is 0 Å². The van der Waals surface area contributed by atoms with Crippen molar-refractivity contribution in [1.29, 1.82) is 0 Å². The van der Waals surface area contributed by atoms with Gasteiger partial charge in [-0.2, -0.15) is 0 Å². The molecule has 0 saturated heterocycles. The minimum Gasteiger partial charge on any atom is -0.455 e. The van der Waals surface area contributed by atoms with Crippen LogP contribution in [-0.2, 0) is 0 Å². The van der Waals surface area contributed by atoms with E-state index in [1.54, 1.807) is 0 Å². The van der Waals surface area contributed by atoms with Crippen molar-refractivity contribution in [2.24, 2.45) is 0 Å². The molecule has 5 heteroatoms. The number of hydrogen-bond acceptors (Lipinski definition) is 4. The standard InChI is InChI=1S/C46H29N3OS/c1-3-13-28(14-4-1)36-27-37(29-15-5-2-6-16-29)48-46(47-36)35-25-30(26-42-43(35)34-19-9-12-22-41(34)51-42)49-38-20-10-7-18-33(38)44-39(49)24-23-32-31-17-8-11-21-40(31)50-45(32)44/h1-15,17-27,29H,16H2. The topological polar surface area (TPSA) is 43.9 Å². The highest BCUT2D eigenvalue weighted by Gasteiger charge is 2.23. The first kappa shape index (κ1) is 28.5. The van der Waals surface area contributed by atoms with E-state index in [0.717, 1.165) is 84.2 Å². The van der Waals surface area contributed by atoms with Crippen molar-refractivity contribution >= 4 is 75.3 Å². The van der Waals surface area contributed by atoms with Gasteiger partial charge in [-0.25, -0.2) is 9.97 Å². The molecule has 0 bridgehead atoms. The molecule has 51 heavy (non-hydrogen) atoms. The van der Waals surface area contributed by atoms with E-state index in [-0.39, 0.29) is 5.92 Å². The number of para-hydroxylation sites is 2. The maximum atomic E-state index is 6.61. The Kier molecular flexibility index (Phi) is 6.21. The number of allylic oxidation sites excluding steroid dienone is 4. The third kappa shape index (κ3) is 4.38. The molecule has 4 nitrogen and oxygen atoms in total. The fourth-order valence-electron chi connectivity index (χ4n) is 7.99. The van der Waals surface area contributed by atoms with E-state index in [1.807, 2.05) is 17.4 Å². The van der Waals surface area contributed by atoms with Gasteiger partial charge in [-0.05, 0) is 55.0 Å². The molecule has 11 rings (SSSR count). The van der Waals surface area contributed by atoms with Gasteiger partial charge < -0.3 is 8.98 Å². The second-order valence-electron chi connectivity index (χ2n) is 13.3. The van der Waals surface area contributed by atoms with Crippen LogP contribution >= 0.6 is 11.3 Å². The molecule has 10 aromatic rings. The number of fused-ring (bicyclic) bond motifs is 10. The quantitative estimate of drug-likeness (QED) is 0.187. The summed E-state index contributed by atoms with van der Waals surface area (Å²) in [5, 5.41) is 6.97. The average molecular weight is 672 g/mol. The van der Waals surface area contributed by atoms with Crippen molar-refractivity contribution in [3.05, 3.63) is 163 Å². The molecular formula is C46H29N3OS. The highest BCUT2D eigenvalue weighted by Crippen LogP contribution is 2.45. The predicted octanol–water partition coefficient (Wildman–Crippen LogP) is 12.8. The summed E-state index contributed by atoms with van der Waals surface area (Å²) in [5.74, 6) is 0.922. The third-order valence-electron chi connectivity index (χ3n) is 10.3. The Balaban J connectivity index is 1.24. The van der Waals surface area contributed by atoms with E-state index in [1.165, 1.54) is 20.2 Å². The number of thiophene rings is 1. The van der Waals surface area contributed by atoms with E-state index in [0.29, 0.717) is 0 Å². The van der Waals surface area contributed by atoms with Crippen molar-refractivity contribution < 1.29 is 4.42 Å². The smallest absolute Gasteiger partial charge is 0.160 e. The molecule has 0 fully saturated rings. The lowest BCUT2D eigenvalue weighted by molar-refractivity contribution is 0.673. The van der Waals surface area contributed by atoms with Gasteiger partial charge in [-0.15, -0.1) is 11.3 Å². The van der Waals surface area contributed by atoms with Crippen LogP contribution in [0.5, 0.6) is 0 Å². The van der Waals surface area contributed by atoms with Gasteiger partial charge in [0.2, 0.25) is 0 Å². The lowest BCUT2D eigenvalue weighted by atomic mass is 9.95. The number of benzene rings is 6. The summed E-state index contributed by atoms with van der Waals surface area (Å²) in [6.45, 7) is 0. The van der Waals surface area contributed by atoms with Crippen LogP contribution in [0.4, 0.5) is 0 Å². The molecule has 0 N–H and O–H groups in total. The zero-order valence-corrected chi connectivity index (χ0v) is 28.3. The Morgan fingerprint density at radius 1 is 0.627 bits per heavy atom. The zero-order chi connectivity index (χ0) is 33.5. The van der Waals surface area contributed by atoms with Gasteiger partial charge in [-0.1, -0.05) is 109 Å². The van der Waals surface area contributed by atoms with Crippen LogP contribution in [0.2, 0.25) is 0 Å². The molecule has 1 atom stereocenters. The number of furan rings is 1. The summed E-state index contributed by atoms with van der Waals surface area (Å²) in [4.78, 5) is 10.7. The molecule has 6 aromatic carbocycles. The third-order valence-corrected chi connectivity index (χ3v) is 11.4. The van der Waals surface area contributed by atoms with E-state index in [9.17, 15) is 0 Å². The maximum Gasteiger partial charge on any atom is 0.160 e. The first-order chi connectivity index (χ1) is 25.3. The normalized spacial score (nSPS) is 14.6. The molecule has 4 aromatic heterocycles. The molecule has 1 unspecified atom stereocenters. The Labute approximate surface area is 297 Å². The first-order valence-electron chi connectivity index (χ1n) is 17.4. The van der Waals surface area contributed by atoms with E-state index in [2.05, 4.69) is 156 Å². The molecule has 1 aliphatic carbocycles. The van der Waals surface area contributed by atoms with Crippen LogP contribution in [0.1, 0.15) is 18.0 Å². The Hall–Kier alpha value is -6.30. The lowest BCUT2D eigenvalue weighted by Gasteiger charge is -2.17. The summed E-state index contributed by atoms with van der Waals surface area (Å²) < 4.78 is 11.5. The highest BCUT2D eigenvalue weighted by molar-refractivity contribution is 7.26. The Bertz CT molecular complexity index is 3070. The number of hydrogen-bond donors (Lipinski definition) is 0. The predicted molar refractivity (Wildman–Crippen MR) is 213 cm³/mol. The summed E-state index contributed by atoms with van der Waals surface area (Å²) in [7, 11) is 0. The fourth-order valence-corrected chi connectivity index (χ4v) is 9.16. The van der Waals surface area contributed by atoms with Gasteiger partial charge in [-0.3, -0.25) is 0 Å². The minimum atomic E-state index is 0.181. The summed E-state index contributed by atoms with van der Waals surface area (Å²) in [5.41, 5.74) is 9.20. The second kappa shape index (κ2) is 11.1. The number of aromatic nitrogens is 3. The van der Waals surface area contributed by atoms with E-state index < -0.39 is 0 Å². The van der Waals surface area contributed by atoms with Gasteiger partial charge >= 0.3 is 0 Å². The summed E-state index contributed by atoms with van der Waals surface area (Å²) in [6, 6.07) is 47.4. The molecule has 1 aliphatic rings. The molecule has 0 aliphatic heterocycles. The Morgan fingerprint density at radius 3 is 2.31 bits per heavy atom. The van der Waals surface area contributed by atoms with Crippen LogP contribution in [0.25, 0.3) is 92.2 Å². The fraction of sp³-hybridized carbons (Fsp3) is 0.0435. The largest absolute Gasteiger partial charge is 0.455 e. The maximum absolute atomic E-state index is 6.61. The van der Waals surface area contributed by atoms with Crippen molar-refractivity contribution in [3.63, 3.8) is 0 Å². The van der Waals surface area contributed by atoms with Crippen molar-refractivity contribution in [3.8, 4) is 28.3 Å². The van der Waals surface area contributed by atoms with Crippen LogP contribution in [-0.4, -0.2) is 14.5 Å². The lowest BCUT2D eigenvalue weighted by Crippen LogP contribution is -2.04. The average Bonchev–Trinajstić information content (AvgIpc) is 3.87. The molecule has 0 spiro atoms. The SMILES string of the molecule is C1=CCC(c2cc(-c3ccccc3)nc(-c3cc(-n4c5ccccc5c5c6oc7ccccc7c6ccc54)cc4sc5ccccc5c34)n2)C=C1. The van der Waals surface area contributed by atoms with Gasteiger partial charge in [0.1, 0.15) is 11.2 Å². The van der Waals surface area contributed by atoms with Crippen LogP contribution < -0.4 is 0 Å². The Morgan fingerprint density at radius 2 is 1.43 bits per heavy atom. The monoisotopic (exact) mass is 671 g/mol. The second-order valence-corrected chi connectivity index (χ2v) is 14.4. The van der Waals surface area contributed by atoms with Crippen molar-refractivity contribution in [2.75, 3.05) is 0 Å². The van der Waals surface area contributed by atoms with Crippen molar-refractivity contribution in [1.82, 2.24) is 14.5 Å².